The largest absolute Gasteiger partial charge is 0.462 e. The number of hydrogen-bond acceptors (Lipinski definition) is 10. The molecule has 0 bridgehead atoms. The van der Waals surface area contributed by atoms with Gasteiger partial charge < -0.3 is 20.3 Å². The lowest BCUT2D eigenvalue weighted by molar-refractivity contribution is -0.115. The van der Waals surface area contributed by atoms with Gasteiger partial charge in [-0.25, -0.2) is 0 Å². The number of carbonyl (C=O) groups is 2. The van der Waals surface area contributed by atoms with Gasteiger partial charge >= 0.3 is 0 Å². The molecule has 3 rings (SSSR count). The molecule has 0 atom stereocenters. The summed E-state index contributed by atoms with van der Waals surface area (Å²) in [6, 6.07) is 0. The SMILES string of the molecule is CC(=O)Nc1nnc(OC2CN(c3nnc(NC(C)=O)s3)C2)s1. The van der Waals surface area contributed by atoms with Gasteiger partial charge in [0.2, 0.25) is 27.2 Å². The Morgan fingerprint density at radius 2 is 1.65 bits per heavy atom. The summed E-state index contributed by atoms with van der Waals surface area (Å²) < 4.78 is 5.67. The second-order valence-electron chi connectivity index (χ2n) is 4.77. The van der Waals surface area contributed by atoms with E-state index in [1.165, 1.54) is 36.5 Å². The average molecular weight is 355 g/mol. The zero-order chi connectivity index (χ0) is 16.4. The van der Waals surface area contributed by atoms with E-state index in [2.05, 4.69) is 31.0 Å². The highest BCUT2D eigenvalue weighted by atomic mass is 32.1. The van der Waals surface area contributed by atoms with Crippen LogP contribution in [0.4, 0.5) is 15.4 Å². The molecule has 10 nitrogen and oxygen atoms in total. The lowest BCUT2D eigenvalue weighted by atomic mass is 10.2. The highest BCUT2D eigenvalue weighted by Crippen LogP contribution is 2.30. The molecule has 1 aliphatic rings. The van der Waals surface area contributed by atoms with E-state index in [4.69, 9.17) is 4.74 Å². The Morgan fingerprint density at radius 1 is 1.04 bits per heavy atom. The summed E-state index contributed by atoms with van der Waals surface area (Å²) in [6.07, 6.45) is -0.0266. The summed E-state index contributed by atoms with van der Waals surface area (Å²) in [5.74, 6) is -0.377. The van der Waals surface area contributed by atoms with Crippen LogP contribution in [0.2, 0.25) is 0 Å². The molecule has 0 saturated carbocycles. The van der Waals surface area contributed by atoms with Gasteiger partial charge in [-0.05, 0) is 11.3 Å². The van der Waals surface area contributed by atoms with Crippen molar-refractivity contribution in [1.82, 2.24) is 20.4 Å². The van der Waals surface area contributed by atoms with Gasteiger partial charge in [-0.2, -0.15) is 0 Å². The molecule has 0 radical (unpaired) electrons. The maximum Gasteiger partial charge on any atom is 0.296 e. The smallest absolute Gasteiger partial charge is 0.296 e. The third-order valence-corrected chi connectivity index (χ3v) is 4.40. The summed E-state index contributed by atoms with van der Waals surface area (Å²) in [7, 11) is 0. The molecule has 2 N–H and O–H groups in total. The Balaban J connectivity index is 1.49. The van der Waals surface area contributed by atoms with Crippen molar-refractivity contribution in [2.75, 3.05) is 28.6 Å². The lowest BCUT2D eigenvalue weighted by Gasteiger charge is -2.37. The Morgan fingerprint density at radius 3 is 2.30 bits per heavy atom. The van der Waals surface area contributed by atoms with Crippen LogP contribution in [-0.4, -0.2) is 51.4 Å². The van der Waals surface area contributed by atoms with Gasteiger partial charge in [0.05, 0.1) is 13.1 Å². The maximum atomic E-state index is 11.0. The van der Waals surface area contributed by atoms with Crippen molar-refractivity contribution in [2.24, 2.45) is 0 Å². The minimum Gasteiger partial charge on any atom is -0.462 e. The number of carbonyl (C=O) groups excluding carboxylic acids is 2. The van der Waals surface area contributed by atoms with Crippen molar-refractivity contribution in [2.45, 2.75) is 20.0 Å². The fraction of sp³-hybridized carbons (Fsp3) is 0.455. The van der Waals surface area contributed by atoms with Gasteiger partial charge in [-0.1, -0.05) is 16.4 Å². The van der Waals surface area contributed by atoms with Crippen LogP contribution in [0.15, 0.2) is 0 Å². The molecule has 2 amide bonds. The lowest BCUT2D eigenvalue weighted by Crippen LogP contribution is -2.54. The van der Waals surface area contributed by atoms with Crippen LogP contribution in [0.5, 0.6) is 5.19 Å². The van der Waals surface area contributed by atoms with Gasteiger partial charge in [0, 0.05) is 13.8 Å². The van der Waals surface area contributed by atoms with E-state index < -0.39 is 0 Å². The number of rotatable bonds is 5. The van der Waals surface area contributed by atoms with Crippen LogP contribution in [-0.2, 0) is 9.59 Å². The maximum absolute atomic E-state index is 11.0. The zero-order valence-corrected chi connectivity index (χ0v) is 13.9. The van der Waals surface area contributed by atoms with E-state index in [1.807, 2.05) is 4.90 Å². The standard InChI is InChI=1S/C11H13N7O3S2/c1-5(19)12-8-14-16-10(22-8)18-3-7(4-18)21-11-17-15-9(23-11)13-6(2)20/h7H,3-4H2,1-2H3,(H,12,14,19)(H,13,15,20). The molecule has 12 heteroatoms. The van der Waals surface area contributed by atoms with Crippen LogP contribution in [0.1, 0.15) is 13.8 Å². The Bertz CT molecular complexity index is 725. The summed E-state index contributed by atoms with van der Waals surface area (Å²) in [4.78, 5) is 23.9. The molecule has 1 fully saturated rings. The number of nitrogens with one attached hydrogen (secondary N) is 2. The zero-order valence-electron chi connectivity index (χ0n) is 12.3. The summed E-state index contributed by atoms with van der Waals surface area (Å²) in [5.41, 5.74) is 0. The molecule has 0 aliphatic carbocycles. The molecule has 2 aromatic heterocycles. The molecule has 1 saturated heterocycles. The minimum atomic E-state index is -0.200. The first-order valence-corrected chi connectivity index (χ1v) is 8.26. The van der Waals surface area contributed by atoms with E-state index in [9.17, 15) is 9.59 Å². The van der Waals surface area contributed by atoms with Gasteiger partial charge in [0.1, 0.15) is 6.10 Å². The predicted molar refractivity (Wildman–Crippen MR) is 85.1 cm³/mol. The van der Waals surface area contributed by atoms with Crippen molar-refractivity contribution in [1.29, 1.82) is 0 Å². The Hall–Kier alpha value is -2.34. The number of nitrogens with zero attached hydrogens (tertiary/aromatic N) is 5. The van der Waals surface area contributed by atoms with Crippen LogP contribution < -0.4 is 20.3 Å². The van der Waals surface area contributed by atoms with Crippen LogP contribution in [0, 0.1) is 0 Å². The molecule has 0 spiro atoms. The minimum absolute atomic E-state index is 0.0266. The van der Waals surface area contributed by atoms with E-state index in [0.29, 0.717) is 28.5 Å². The first kappa shape index (κ1) is 15.6. The summed E-state index contributed by atoms with van der Waals surface area (Å²) in [6.45, 7) is 4.11. The van der Waals surface area contributed by atoms with Crippen LogP contribution in [0.25, 0.3) is 0 Å². The average Bonchev–Trinajstić information content (AvgIpc) is 3.01. The summed E-state index contributed by atoms with van der Waals surface area (Å²) in [5, 5.41) is 22.8. The fourth-order valence-corrected chi connectivity index (χ4v) is 3.33. The van der Waals surface area contributed by atoms with E-state index in [0.717, 1.165) is 5.13 Å². The van der Waals surface area contributed by atoms with Crippen molar-refractivity contribution >= 4 is 49.9 Å². The van der Waals surface area contributed by atoms with Crippen molar-refractivity contribution in [3.05, 3.63) is 0 Å². The normalized spacial score (nSPS) is 14.3. The number of ether oxygens (including phenoxy) is 1. The van der Waals surface area contributed by atoms with E-state index >= 15 is 0 Å². The number of aromatic nitrogens is 4. The van der Waals surface area contributed by atoms with Crippen LogP contribution in [0.3, 0.4) is 0 Å². The highest BCUT2D eigenvalue weighted by molar-refractivity contribution is 7.19. The molecular weight excluding hydrogens is 342 g/mol. The van der Waals surface area contributed by atoms with Gasteiger partial charge in [0.15, 0.2) is 0 Å². The molecule has 0 aromatic carbocycles. The second kappa shape index (κ2) is 6.42. The van der Waals surface area contributed by atoms with Crippen LogP contribution >= 0.6 is 22.7 Å². The Kier molecular flexibility index (Phi) is 4.34. The van der Waals surface area contributed by atoms with Crippen molar-refractivity contribution in [3.8, 4) is 5.19 Å². The quantitative estimate of drug-likeness (QED) is 0.798. The molecular formula is C11H13N7O3S2. The second-order valence-corrected chi connectivity index (χ2v) is 6.67. The molecule has 0 unspecified atom stereocenters. The van der Waals surface area contributed by atoms with Gasteiger partial charge in [0.25, 0.3) is 5.19 Å². The highest BCUT2D eigenvalue weighted by Gasteiger charge is 2.32. The molecule has 1 aliphatic heterocycles. The first-order valence-electron chi connectivity index (χ1n) is 6.63. The monoisotopic (exact) mass is 355 g/mol. The van der Waals surface area contributed by atoms with Gasteiger partial charge in [-0.3, -0.25) is 9.59 Å². The van der Waals surface area contributed by atoms with Crippen molar-refractivity contribution in [3.63, 3.8) is 0 Å². The van der Waals surface area contributed by atoms with Crippen molar-refractivity contribution < 1.29 is 14.3 Å². The fourth-order valence-electron chi connectivity index (χ4n) is 1.81. The van der Waals surface area contributed by atoms with E-state index in [1.54, 1.807) is 0 Å². The summed E-state index contributed by atoms with van der Waals surface area (Å²) >= 11 is 2.49. The first-order chi connectivity index (χ1) is 11.0. The molecule has 3 heterocycles. The molecule has 122 valence electrons. The number of hydrogen-bond donors (Lipinski definition) is 2. The van der Waals surface area contributed by atoms with Gasteiger partial charge in [-0.15, -0.1) is 15.3 Å². The van der Waals surface area contributed by atoms with E-state index in [-0.39, 0.29) is 17.9 Å². The third-order valence-electron chi connectivity index (χ3n) is 2.77. The third kappa shape index (κ3) is 3.90. The molecule has 2 aromatic rings. The molecule has 23 heavy (non-hydrogen) atoms. The number of anilines is 3. The predicted octanol–water partition coefficient (Wildman–Crippen LogP) is 0.574. The topological polar surface area (TPSA) is 122 Å². The number of amides is 2. The Labute approximate surface area is 138 Å².